The van der Waals surface area contributed by atoms with Gasteiger partial charge in [-0.2, -0.15) is 5.10 Å². The summed E-state index contributed by atoms with van der Waals surface area (Å²) in [5.41, 5.74) is 3.72. The van der Waals surface area contributed by atoms with Crippen LogP contribution in [0, 0.1) is 5.82 Å². The second kappa shape index (κ2) is 8.42. The monoisotopic (exact) mass is 329 g/mol. The lowest BCUT2D eigenvalue weighted by molar-refractivity contribution is 0.106. The third-order valence-electron chi connectivity index (χ3n) is 3.01. The predicted octanol–water partition coefficient (Wildman–Crippen LogP) is 3.12. The third kappa shape index (κ3) is 4.64. The number of halogens is 1. The summed E-state index contributed by atoms with van der Waals surface area (Å²) < 4.78 is 18.0. The molecule has 7 heteroatoms. The Balaban J connectivity index is 2.21. The SMILES string of the molecule is CO/N=C/C(=N\Nc1ccc(OC)cc1)C(=O)c1ccc(F)cc1. The first kappa shape index (κ1) is 17.1. The summed E-state index contributed by atoms with van der Waals surface area (Å²) in [6, 6.07) is 12.2. The second-order valence-electron chi connectivity index (χ2n) is 4.59. The molecule has 0 saturated carbocycles. The molecular weight excluding hydrogens is 313 g/mol. The van der Waals surface area contributed by atoms with Gasteiger partial charge in [0.05, 0.1) is 19.0 Å². The van der Waals surface area contributed by atoms with Crippen molar-refractivity contribution in [1.82, 2.24) is 0 Å². The third-order valence-corrected chi connectivity index (χ3v) is 3.01. The van der Waals surface area contributed by atoms with Gasteiger partial charge < -0.3 is 9.57 Å². The highest BCUT2D eigenvalue weighted by atomic mass is 19.1. The fourth-order valence-corrected chi connectivity index (χ4v) is 1.78. The number of hydrogen-bond donors (Lipinski definition) is 1. The zero-order valence-electron chi connectivity index (χ0n) is 13.2. The van der Waals surface area contributed by atoms with E-state index in [0.717, 1.165) is 0 Å². The summed E-state index contributed by atoms with van der Waals surface area (Å²) in [4.78, 5) is 17.0. The molecule has 0 aliphatic heterocycles. The Morgan fingerprint density at radius 1 is 1.08 bits per heavy atom. The van der Waals surface area contributed by atoms with E-state index >= 15 is 0 Å². The van der Waals surface area contributed by atoms with Crippen LogP contribution < -0.4 is 10.2 Å². The first-order valence-corrected chi connectivity index (χ1v) is 6.98. The van der Waals surface area contributed by atoms with Crippen LogP contribution in [0.4, 0.5) is 10.1 Å². The Morgan fingerprint density at radius 3 is 2.33 bits per heavy atom. The van der Waals surface area contributed by atoms with Gasteiger partial charge in [0.1, 0.15) is 18.7 Å². The molecule has 0 aliphatic carbocycles. The smallest absolute Gasteiger partial charge is 0.214 e. The number of ether oxygens (including phenoxy) is 1. The van der Waals surface area contributed by atoms with Gasteiger partial charge in [-0.1, -0.05) is 5.16 Å². The summed E-state index contributed by atoms with van der Waals surface area (Å²) in [5, 5.41) is 7.60. The molecule has 0 aliphatic rings. The molecule has 1 N–H and O–H groups in total. The molecule has 0 bridgehead atoms. The summed E-state index contributed by atoms with van der Waals surface area (Å²) in [6.07, 6.45) is 1.18. The van der Waals surface area contributed by atoms with Crippen molar-refractivity contribution in [3.05, 3.63) is 59.9 Å². The fraction of sp³-hybridized carbons (Fsp3) is 0.118. The quantitative estimate of drug-likeness (QED) is 0.481. The van der Waals surface area contributed by atoms with Gasteiger partial charge in [0.25, 0.3) is 0 Å². The number of ketones is 1. The van der Waals surface area contributed by atoms with Gasteiger partial charge >= 0.3 is 0 Å². The van der Waals surface area contributed by atoms with Crippen molar-refractivity contribution in [1.29, 1.82) is 0 Å². The van der Waals surface area contributed by atoms with Crippen molar-refractivity contribution in [2.45, 2.75) is 0 Å². The molecule has 0 aromatic heterocycles. The lowest BCUT2D eigenvalue weighted by atomic mass is 10.1. The molecule has 6 nitrogen and oxygen atoms in total. The van der Waals surface area contributed by atoms with Gasteiger partial charge in [0.2, 0.25) is 5.78 Å². The van der Waals surface area contributed by atoms with Gasteiger partial charge in [-0.15, -0.1) is 0 Å². The van der Waals surface area contributed by atoms with Crippen LogP contribution in [0.15, 0.2) is 58.8 Å². The number of hydrogen-bond acceptors (Lipinski definition) is 6. The van der Waals surface area contributed by atoms with Crippen LogP contribution in [0.3, 0.4) is 0 Å². The number of hydrazone groups is 1. The molecule has 0 spiro atoms. The standard InChI is InChI=1S/C17H16FN3O3/c1-23-15-9-7-14(8-10-15)20-21-16(11-19-24-2)17(22)12-3-5-13(18)6-4-12/h3-11,20H,1-2H3/b19-11+,21-16+. The Labute approximate surface area is 138 Å². The van der Waals surface area contributed by atoms with Crippen molar-refractivity contribution in [2.75, 3.05) is 19.6 Å². The molecular formula is C17H16FN3O3. The van der Waals surface area contributed by atoms with E-state index < -0.39 is 11.6 Å². The van der Waals surface area contributed by atoms with E-state index in [2.05, 4.69) is 20.5 Å². The number of carbonyl (C=O) groups is 1. The van der Waals surface area contributed by atoms with Gasteiger partial charge in [0, 0.05) is 5.56 Å². The van der Waals surface area contributed by atoms with E-state index in [1.165, 1.54) is 37.6 Å². The van der Waals surface area contributed by atoms with E-state index in [1.807, 2.05) is 0 Å². The molecule has 0 saturated heterocycles. The molecule has 0 atom stereocenters. The van der Waals surface area contributed by atoms with E-state index in [-0.39, 0.29) is 11.3 Å². The number of Topliss-reactive ketones (excluding diaryl/α,β-unsaturated/α-hetero) is 1. The zero-order valence-corrected chi connectivity index (χ0v) is 13.2. The maximum absolute atomic E-state index is 13.0. The van der Waals surface area contributed by atoms with Gasteiger partial charge in [-0.05, 0) is 48.5 Å². The second-order valence-corrected chi connectivity index (χ2v) is 4.59. The average molecular weight is 329 g/mol. The van der Waals surface area contributed by atoms with E-state index in [9.17, 15) is 9.18 Å². The molecule has 2 rings (SSSR count). The molecule has 0 radical (unpaired) electrons. The number of nitrogens with one attached hydrogen (secondary N) is 1. The van der Waals surface area contributed by atoms with E-state index in [0.29, 0.717) is 11.4 Å². The number of oxime groups is 1. The van der Waals surface area contributed by atoms with Gasteiger partial charge in [0.15, 0.2) is 5.71 Å². The lowest BCUT2D eigenvalue weighted by Crippen LogP contribution is -2.18. The van der Waals surface area contributed by atoms with Crippen molar-refractivity contribution < 1.29 is 18.8 Å². The van der Waals surface area contributed by atoms with Gasteiger partial charge in [-0.25, -0.2) is 4.39 Å². The highest BCUT2D eigenvalue weighted by Gasteiger charge is 2.13. The van der Waals surface area contributed by atoms with Crippen LogP contribution in [0.1, 0.15) is 10.4 Å². The summed E-state index contributed by atoms with van der Waals surface area (Å²) >= 11 is 0. The van der Waals surface area contributed by atoms with Crippen LogP contribution in [0.5, 0.6) is 5.75 Å². The van der Waals surface area contributed by atoms with Crippen LogP contribution in [-0.2, 0) is 4.84 Å². The number of methoxy groups -OCH3 is 1. The summed E-state index contributed by atoms with van der Waals surface area (Å²) in [7, 11) is 2.93. The average Bonchev–Trinajstić information content (AvgIpc) is 2.62. The number of carbonyl (C=O) groups excluding carboxylic acids is 1. The Morgan fingerprint density at radius 2 is 1.75 bits per heavy atom. The van der Waals surface area contributed by atoms with Crippen LogP contribution >= 0.6 is 0 Å². The minimum absolute atomic E-state index is 0.0132. The minimum Gasteiger partial charge on any atom is -0.497 e. The molecule has 24 heavy (non-hydrogen) atoms. The van der Waals surface area contributed by atoms with E-state index in [1.54, 1.807) is 31.4 Å². The van der Waals surface area contributed by atoms with Crippen LogP contribution in [-0.4, -0.2) is 31.9 Å². The highest BCUT2D eigenvalue weighted by molar-refractivity contribution is 6.64. The number of anilines is 1. The normalized spacial score (nSPS) is 11.4. The van der Waals surface area contributed by atoms with Crippen molar-refractivity contribution in [3.8, 4) is 5.75 Å². The summed E-state index contributed by atoms with van der Waals surface area (Å²) in [5.74, 6) is -0.142. The fourth-order valence-electron chi connectivity index (χ4n) is 1.78. The molecule has 0 unspecified atom stereocenters. The zero-order chi connectivity index (χ0) is 17.4. The number of benzene rings is 2. The summed E-state index contributed by atoms with van der Waals surface area (Å²) in [6.45, 7) is 0. The lowest BCUT2D eigenvalue weighted by Gasteiger charge is -2.05. The maximum Gasteiger partial charge on any atom is 0.214 e. The largest absolute Gasteiger partial charge is 0.497 e. The van der Waals surface area contributed by atoms with Crippen LogP contribution in [0.2, 0.25) is 0 Å². The Bertz CT molecular complexity index is 741. The molecule has 0 heterocycles. The van der Waals surface area contributed by atoms with Gasteiger partial charge in [-0.3, -0.25) is 10.2 Å². The maximum atomic E-state index is 13.0. The predicted molar refractivity (Wildman–Crippen MR) is 90.3 cm³/mol. The highest BCUT2D eigenvalue weighted by Crippen LogP contribution is 2.15. The number of nitrogens with zero attached hydrogens (tertiary/aromatic N) is 2. The molecule has 124 valence electrons. The van der Waals surface area contributed by atoms with Crippen molar-refractivity contribution in [3.63, 3.8) is 0 Å². The topological polar surface area (TPSA) is 72.3 Å². The molecule has 2 aromatic rings. The Kier molecular flexibility index (Phi) is 6.01. The van der Waals surface area contributed by atoms with Crippen molar-refractivity contribution in [2.24, 2.45) is 10.3 Å². The Hall–Kier alpha value is -3.22. The minimum atomic E-state index is -0.424. The molecule has 2 aromatic carbocycles. The molecule has 0 fully saturated rings. The van der Waals surface area contributed by atoms with Crippen molar-refractivity contribution >= 4 is 23.4 Å². The number of rotatable bonds is 7. The first-order valence-electron chi connectivity index (χ1n) is 6.98. The van der Waals surface area contributed by atoms with E-state index in [4.69, 9.17) is 4.74 Å². The first-order chi connectivity index (χ1) is 11.6. The molecule has 0 amide bonds. The van der Waals surface area contributed by atoms with Crippen LogP contribution in [0.25, 0.3) is 0 Å².